The Hall–Kier alpha value is -2.49. The highest BCUT2D eigenvalue weighted by atomic mass is 19.3. The molecule has 3 rings (SSSR count). The van der Waals surface area contributed by atoms with E-state index in [4.69, 9.17) is 4.42 Å². The van der Waals surface area contributed by atoms with Crippen molar-refractivity contribution >= 4 is 10.8 Å². The van der Waals surface area contributed by atoms with Crippen LogP contribution >= 0.6 is 0 Å². The summed E-state index contributed by atoms with van der Waals surface area (Å²) in [5.41, 5.74) is 1.65. The lowest BCUT2D eigenvalue weighted by Gasteiger charge is -2.20. The Balaban J connectivity index is 2.07. The first-order valence-corrected chi connectivity index (χ1v) is 9.97. The maximum Gasteiger partial charge on any atom is 0.344 e. The van der Waals surface area contributed by atoms with Crippen LogP contribution in [0.15, 0.2) is 57.7 Å². The van der Waals surface area contributed by atoms with E-state index in [1.807, 2.05) is 56.3 Å². The van der Waals surface area contributed by atoms with Gasteiger partial charge in [0, 0.05) is 12.0 Å². The Morgan fingerprint density at radius 1 is 0.929 bits per heavy atom. The lowest BCUT2D eigenvalue weighted by Crippen LogP contribution is -2.21. The summed E-state index contributed by atoms with van der Waals surface area (Å²) in [5.74, 6) is -3.66. The van der Waals surface area contributed by atoms with Crippen LogP contribution in [0.5, 0.6) is 0 Å². The van der Waals surface area contributed by atoms with Crippen LogP contribution in [0, 0.1) is 0 Å². The molecule has 0 aliphatic carbocycles. The molecule has 0 unspecified atom stereocenters. The summed E-state index contributed by atoms with van der Waals surface area (Å²) in [7, 11) is 0. The van der Waals surface area contributed by atoms with E-state index in [2.05, 4.69) is 0 Å². The van der Waals surface area contributed by atoms with Crippen LogP contribution in [-0.2, 0) is 25.2 Å². The second-order valence-corrected chi connectivity index (χ2v) is 7.22. The van der Waals surface area contributed by atoms with Crippen LogP contribution in [0.4, 0.5) is 8.78 Å². The predicted molar refractivity (Wildman–Crippen MR) is 109 cm³/mol. The number of hydrogen-bond acceptors (Lipinski definition) is 2. The summed E-state index contributed by atoms with van der Waals surface area (Å²) in [6.45, 7) is 4.03. The van der Waals surface area contributed by atoms with Gasteiger partial charge in [0.15, 0.2) is 5.76 Å². The van der Waals surface area contributed by atoms with E-state index in [1.165, 1.54) is 0 Å². The zero-order valence-corrected chi connectivity index (χ0v) is 16.4. The standard InChI is InChI=1S/C24H26F2O2/c1-3-5-11-19-21-16-17(4-2)12-13-20(21)23(27)28-22(19)24(25,26)15-14-18-9-7-6-8-10-18/h6-10,12-13,16H,3-5,11,14-15H2,1-2H3. The predicted octanol–water partition coefficient (Wildman–Crippen LogP) is 6.42. The Labute approximate surface area is 164 Å². The summed E-state index contributed by atoms with van der Waals surface area (Å²) in [6.07, 6.45) is 2.73. The Morgan fingerprint density at radius 2 is 1.68 bits per heavy atom. The second-order valence-electron chi connectivity index (χ2n) is 7.22. The van der Waals surface area contributed by atoms with Crippen molar-refractivity contribution in [2.24, 2.45) is 0 Å². The molecule has 0 aliphatic rings. The highest BCUT2D eigenvalue weighted by molar-refractivity contribution is 5.85. The van der Waals surface area contributed by atoms with E-state index in [0.717, 1.165) is 30.4 Å². The fourth-order valence-electron chi connectivity index (χ4n) is 3.53. The van der Waals surface area contributed by atoms with Gasteiger partial charge in [-0.15, -0.1) is 0 Å². The molecule has 3 aromatic rings. The Kier molecular flexibility index (Phi) is 6.28. The summed E-state index contributed by atoms with van der Waals surface area (Å²) in [5, 5.41) is 0.990. The molecule has 0 fully saturated rings. The average Bonchev–Trinajstić information content (AvgIpc) is 2.72. The van der Waals surface area contributed by atoms with E-state index in [9.17, 15) is 4.79 Å². The van der Waals surface area contributed by atoms with Crippen LogP contribution in [0.25, 0.3) is 10.8 Å². The molecule has 0 bridgehead atoms. The first-order chi connectivity index (χ1) is 13.5. The van der Waals surface area contributed by atoms with Gasteiger partial charge in [-0.1, -0.05) is 62.7 Å². The van der Waals surface area contributed by atoms with Gasteiger partial charge in [0.1, 0.15) is 0 Å². The van der Waals surface area contributed by atoms with Gasteiger partial charge in [0.25, 0.3) is 0 Å². The molecular weight excluding hydrogens is 358 g/mol. The Morgan fingerprint density at radius 3 is 2.36 bits per heavy atom. The van der Waals surface area contributed by atoms with Crippen molar-refractivity contribution in [2.45, 2.75) is 58.3 Å². The molecule has 0 radical (unpaired) electrons. The van der Waals surface area contributed by atoms with Gasteiger partial charge in [-0.2, -0.15) is 8.78 Å². The third-order valence-corrected chi connectivity index (χ3v) is 5.19. The largest absolute Gasteiger partial charge is 0.421 e. The van der Waals surface area contributed by atoms with E-state index in [1.54, 1.807) is 6.07 Å². The molecule has 148 valence electrons. The van der Waals surface area contributed by atoms with E-state index >= 15 is 8.78 Å². The van der Waals surface area contributed by atoms with Crippen molar-refractivity contribution in [3.8, 4) is 0 Å². The fourth-order valence-corrected chi connectivity index (χ4v) is 3.53. The quantitative estimate of drug-likeness (QED) is 0.448. The van der Waals surface area contributed by atoms with Gasteiger partial charge >= 0.3 is 11.5 Å². The summed E-state index contributed by atoms with van der Waals surface area (Å²) < 4.78 is 35.6. The minimum atomic E-state index is -3.20. The smallest absolute Gasteiger partial charge is 0.344 e. The molecule has 0 atom stereocenters. The second kappa shape index (κ2) is 8.68. The number of benzene rings is 2. The average molecular weight is 384 g/mol. The molecule has 0 aliphatic heterocycles. The molecule has 0 spiro atoms. The Bertz CT molecular complexity index is 991. The van der Waals surface area contributed by atoms with Gasteiger partial charge in [0.2, 0.25) is 0 Å². The molecule has 2 nitrogen and oxygen atoms in total. The van der Waals surface area contributed by atoms with Crippen LogP contribution in [0.3, 0.4) is 0 Å². The van der Waals surface area contributed by atoms with Crippen molar-refractivity contribution in [3.63, 3.8) is 0 Å². The number of aryl methyl sites for hydroxylation is 3. The van der Waals surface area contributed by atoms with Crippen molar-refractivity contribution in [1.29, 1.82) is 0 Å². The van der Waals surface area contributed by atoms with E-state index in [-0.39, 0.29) is 6.42 Å². The number of unbranched alkanes of at least 4 members (excludes halogenated alkanes) is 1. The molecule has 0 N–H and O–H groups in total. The zero-order chi connectivity index (χ0) is 20.1. The number of fused-ring (bicyclic) bond motifs is 1. The lowest BCUT2D eigenvalue weighted by atomic mass is 9.94. The summed E-state index contributed by atoms with van der Waals surface area (Å²) >= 11 is 0. The molecule has 1 aromatic heterocycles. The summed E-state index contributed by atoms with van der Waals surface area (Å²) in [4.78, 5) is 12.4. The van der Waals surface area contributed by atoms with Crippen molar-refractivity contribution in [1.82, 2.24) is 0 Å². The zero-order valence-electron chi connectivity index (χ0n) is 16.4. The SMILES string of the molecule is CCCCc1c(C(F)(F)CCc2ccccc2)oc(=O)c2ccc(CC)cc12. The normalized spacial score (nSPS) is 11.9. The van der Waals surface area contributed by atoms with Crippen LogP contribution < -0.4 is 5.63 Å². The molecule has 1 heterocycles. The maximum atomic E-state index is 15.2. The number of hydrogen-bond donors (Lipinski definition) is 0. The van der Waals surface area contributed by atoms with Gasteiger partial charge in [-0.25, -0.2) is 4.79 Å². The van der Waals surface area contributed by atoms with Crippen LogP contribution in [0.2, 0.25) is 0 Å². The third-order valence-electron chi connectivity index (χ3n) is 5.19. The molecule has 0 amide bonds. The monoisotopic (exact) mass is 384 g/mol. The molecule has 2 aromatic carbocycles. The molecule has 4 heteroatoms. The highest BCUT2D eigenvalue weighted by Crippen LogP contribution is 2.38. The van der Waals surface area contributed by atoms with E-state index < -0.39 is 23.7 Å². The minimum Gasteiger partial charge on any atom is -0.421 e. The number of alkyl halides is 2. The molecular formula is C24H26F2O2. The topological polar surface area (TPSA) is 30.2 Å². The first-order valence-electron chi connectivity index (χ1n) is 9.97. The van der Waals surface area contributed by atoms with Gasteiger partial charge < -0.3 is 4.42 Å². The minimum absolute atomic E-state index is 0.220. The number of halogens is 2. The molecule has 0 saturated heterocycles. The highest BCUT2D eigenvalue weighted by Gasteiger charge is 2.38. The van der Waals surface area contributed by atoms with Crippen LogP contribution in [0.1, 0.15) is 55.6 Å². The van der Waals surface area contributed by atoms with Crippen molar-refractivity contribution < 1.29 is 13.2 Å². The molecule has 0 saturated carbocycles. The fraction of sp³-hybridized carbons (Fsp3) is 0.375. The first kappa shape index (κ1) is 20.2. The number of rotatable bonds is 8. The maximum absolute atomic E-state index is 15.2. The van der Waals surface area contributed by atoms with E-state index in [0.29, 0.717) is 22.8 Å². The van der Waals surface area contributed by atoms with Gasteiger partial charge in [0.05, 0.1) is 5.39 Å². The lowest BCUT2D eigenvalue weighted by molar-refractivity contribution is -0.0371. The van der Waals surface area contributed by atoms with Crippen molar-refractivity contribution in [2.75, 3.05) is 0 Å². The van der Waals surface area contributed by atoms with Gasteiger partial charge in [-0.05, 0) is 48.3 Å². The molecule has 28 heavy (non-hydrogen) atoms. The van der Waals surface area contributed by atoms with Crippen molar-refractivity contribution in [3.05, 3.63) is 81.4 Å². The third kappa shape index (κ3) is 4.32. The summed E-state index contributed by atoms with van der Waals surface area (Å²) in [6, 6.07) is 14.6. The van der Waals surface area contributed by atoms with Gasteiger partial charge in [-0.3, -0.25) is 0 Å². The van der Waals surface area contributed by atoms with Crippen LogP contribution in [-0.4, -0.2) is 0 Å².